The largest absolute Gasteiger partial charge is 0.121 e. The van der Waals surface area contributed by atoms with Crippen LogP contribution in [0.15, 0.2) is 13.6 Å². The average Bonchev–Trinajstić information content (AvgIpc) is 2.75. The first-order valence-electron chi connectivity index (χ1n) is 7.20. The van der Waals surface area contributed by atoms with Crippen LogP contribution < -0.4 is 0 Å². The molecule has 1 aliphatic rings. The molecule has 0 radical (unpaired) electrons. The molecular weight excluding hydrogens is 407 g/mol. The number of halogens is 3. The van der Waals surface area contributed by atoms with Crippen LogP contribution in [0, 0.1) is 11.8 Å². The van der Waals surface area contributed by atoms with Gasteiger partial charge in [-0.15, -0.1) is 22.9 Å². The van der Waals surface area contributed by atoms with Crippen LogP contribution >= 0.6 is 54.8 Å². The molecule has 1 unspecified atom stereocenters. The summed E-state index contributed by atoms with van der Waals surface area (Å²) in [4.78, 5) is 0. The van der Waals surface area contributed by atoms with Gasteiger partial charge in [-0.05, 0) is 68.2 Å². The second-order valence-corrected chi connectivity index (χ2v) is 9.82. The predicted molar refractivity (Wildman–Crippen MR) is 93.3 cm³/mol. The second kappa shape index (κ2) is 7.82. The molecule has 0 aliphatic heterocycles. The predicted octanol–water partition coefficient (Wildman–Crippen LogP) is 7.55. The molecule has 1 fully saturated rings. The number of unbranched alkanes of at least 4 members (excludes halogenated alkanes) is 1. The van der Waals surface area contributed by atoms with Gasteiger partial charge in [0.2, 0.25) is 0 Å². The highest BCUT2D eigenvalue weighted by Crippen LogP contribution is 2.46. The number of rotatable bonds is 5. The lowest BCUT2D eigenvalue weighted by molar-refractivity contribution is 0.254. The average molecular weight is 429 g/mol. The lowest BCUT2D eigenvalue weighted by atomic mass is 9.77. The van der Waals surface area contributed by atoms with Gasteiger partial charge in [-0.3, -0.25) is 0 Å². The fourth-order valence-electron chi connectivity index (χ4n) is 3.06. The van der Waals surface area contributed by atoms with Crippen LogP contribution in [0.5, 0.6) is 0 Å². The van der Waals surface area contributed by atoms with Gasteiger partial charge in [0.25, 0.3) is 0 Å². The van der Waals surface area contributed by atoms with Gasteiger partial charge >= 0.3 is 0 Å². The molecule has 1 aliphatic carbocycles. The van der Waals surface area contributed by atoms with Crippen molar-refractivity contribution in [1.29, 1.82) is 0 Å². The normalized spacial score (nSPS) is 25.5. The first kappa shape index (κ1) is 16.3. The molecule has 1 aromatic heterocycles. The zero-order valence-electron chi connectivity index (χ0n) is 11.3. The van der Waals surface area contributed by atoms with Crippen molar-refractivity contribution in [2.24, 2.45) is 11.8 Å². The summed E-state index contributed by atoms with van der Waals surface area (Å²) in [7, 11) is 0. The lowest BCUT2D eigenvalue weighted by Gasteiger charge is -2.31. The third-order valence-corrected chi connectivity index (χ3v) is 7.23. The number of hydrogen-bond donors (Lipinski definition) is 0. The Bertz CT molecular complexity index is 397. The van der Waals surface area contributed by atoms with Crippen molar-refractivity contribution in [3.05, 3.63) is 19.2 Å². The molecular formula is C15H21Br2ClS. The monoisotopic (exact) mass is 426 g/mol. The van der Waals surface area contributed by atoms with E-state index in [4.69, 9.17) is 11.6 Å². The Labute approximate surface area is 142 Å². The fraction of sp³-hybridized carbons (Fsp3) is 0.733. The van der Waals surface area contributed by atoms with Gasteiger partial charge in [0.05, 0.1) is 12.9 Å². The number of alkyl halides is 1. The van der Waals surface area contributed by atoms with Crippen LogP contribution in [-0.4, -0.2) is 0 Å². The van der Waals surface area contributed by atoms with Crippen molar-refractivity contribution in [2.45, 2.75) is 57.2 Å². The number of hydrogen-bond acceptors (Lipinski definition) is 1. The van der Waals surface area contributed by atoms with Gasteiger partial charge in [0.1, 0.15) is 0 Å². The molecule has 1 aromatic rings. The van der Waals surface area contributed by atoms with Crippen molar-refractivity contribution < 1.29 is 0 Å². The van der Waals surface area contributed by atoms with Gasteiger partial charge in [0.15, 0.2) is 0 Å². The van der Waals surface area contributed by atoms with Gasteiger partial charge in [0, 0.05) is 0 Å². The van der Waals surface area contributed by atoms with Crippen LogP contribution in [0.25, 0.3) is 0 Å². The van der Waals surface area contributed by atoms with Gasteiger partial charge < -0.3 is 0 Å². The van der Waals surface area contributed by atoms with Crippen LogP contribution in [0.2, 0.25) is 0 Å². The molecule has 2 rings (SSSR count). The summed E-state index contributed by atoms with van der Waals surface area (Å²) < 4.78 is 2.35. The van der Waals surface area contributed by atoms with E-state index in [1.807, 2.05) is 0 Å². The molecule has 19 heavy (non-hydrogen) atoms. The van der Waals surface area contributed by atoms with Crippen molar-refractivity contribution in [2.75, 3.05) is 0 Å². The van der Waals surface area contributed by atoms with E-state index in [1.165, 1.54) is 54.3 Å². The summed E-state index contributed by atoms with van der Waals surface area (Å²) in [5.41, 5.74) is 1.27. The maximum atomic E-state index is 6.71. The second-order valence-electron chi connectivity index (χ2n) is 5.60. The Kier molecular flexibility index (Phi) is 6.71. The third-order valence-electron chi connectivity index (χ3n) is 4.25. The van der Waals surface area contributed by atoms with E-state index in [1.54, 1.807) is 11.3 Å². The molecule has 1 saturated carbocycles. The molecule has 0 N–H and O–H groups in total. The summed E-state index contributed by atoms with van der Waals surface area (Å²) >= 11 is 15.6. The summed E-state index contributed by atoms with van der Waals surface area (Å²) in [6.07, 6.45) is 9.47. The van der Waals surface area contributed by atoms with E-state index in [2.05, 4.69) is 44.8 Å². The maximum Gasteiger partial charge on any atom is 0.0757 e. The summed E-state index contributed by atoms with van der Waals surface area (Å²) in [5.74, 6) is 1.61. The lowest BCUT2D eigenvalue weighted by Crippen LogP contribution is -2.18. The van der Waals surface area contributed by atoms with Crippen molar-refractivity contribution in [3.8, 4) is 0 Å². The van der Waals surface area contributed by atoms with Crippen LogP contribution in [0.4, 0.5) is 0 Å². The molecule has 1 heterocycles. The maximum absolute atomic E-state index is 6.71. The highest BCUT2D eigenvalue weighted by molar-refractivity contribution is 9.12. The molecule has 108 valence electrons. The van der Waals surface area contributed by atoms with Crippen molar-refractivity contribution in [1.82, 2.24) is 0 Å². The summed E-state index contributed by atoms with van der Waals surface area (Å²) in [5, 5.41) is 0.170. The van der Waals surface area contributed by atoms with E-state index in [-0.39, 0.29) is 5.38 Å². The highest BCUT2D eigenvalue weighted by atomic mass is 79.9. The number of thiophene rings is 1. The first-order valence-corrected chi connectivity index (χ1v) is 10.0. The molecule has 4 heteroatoms. The van der Waals surface area contributed by atoms with Crippen LogP contribution in [0.3, 0.4) is 0 Å². The van der Waals surface area contributed by atoms with E-state index < -0.39 is 0 Å². The zero-order valence-corrected chi connectivity index (χ0v) is 16.0. The standard InChI is InChI=1S/C15H21Br2ClS/c1-2-3-4-10-5-7-11(8-6-10)14(18)12-9-13(16)19-15(12)17/h9-11,14H,2-8H2,1H3. The smallest absolute Gasteiger partial charge is 0.0757 e. The molecule has 1 atom stereocenters. The molecule has 0 spiro atoms. The Balaban J connectivity index is 1.89. The quantitative estimate of drug-likeness (QED) is 0.425. The van der Waals surface area contributed by atoms with Crippen LogP contribution in [-0.2, 0) is 0 Å². The Morgan fingerprint density at radius 3 is 2.53 bits per heavy atom. The Morgan fingerprint density at radius 1 is 1.32 bits per heavy atom. The van der Waals surface area contributed by atoms with E-state index in [0.29, 0.717) is 5.92 Å². The van der Waals surface area contributed by atoms with Gasteiger partial charge in [-0.2, -0.15) is 0 Å². The van der Waals surface area contributed by atoms with Crippen LogP contribution in [0.1, 0.15) is 62.8 Å². The SMILES string of the molecule is CCCCC1CCC(C(Cl)c2cc(Br)sc2Br)CC1. The molecule has 0 saturated heterocycles. The molecule has 0 bridgehead atoms. The minimum absolute atomic E-state index is 0.170. The molecule has 0 aromatic carbocycles. The Morgan fingerprint density at radius 2 is 2.00 bits per heavy atom. The van der Waals surface area contributed by atoms with Gasteiger partial charge in [-0.1, -0.05) is 39.0 Å². The Hall–Kier alpha value is 0.950. The van der Waals surface area contributed by atoms with E-state index >= 15 is 0 Å². The highest BCUT2D eigenvalue weighted by Gasteiger charge is 2.28. The van der Waals surface area contributed by atoms with E-state index in [9.17, 15) is 0 Å². The topological polar surface area (TPSA) is 0 Å². The minimum Gasteiger partial charge on any atom is -0.121 e. The minimum atomic E-state index is 0.170. The van der Waals surface area contributed by atoms with E-state index in [0.717, 1.165) is 9.70 Å². The van der Waals surface area contributed by atoms with Crippen molar-refractivity contribution in [3.63, 3.8) is 0 Å². The summed E-state index contributed by atoms with van der Waals surface area (Å²) in [6, 6.07) is 2.18. The first-order chi connectivity index (χ1) is 9.11. The molecule has 0 amide bonds. The third kappa shape index (κ3) is 4.46. The zero-order chi connectivity index (χ0) is 13.8. The fourth-order valence-corrected chi connectivity index (χ4v) is 6.61. The summed E-state index contributed by atoms with van der Waals surface area (Å²) in [6.45, 7) is 2.28. The van der Waals surface area contributed by atoms with Gasteiger partial charge in [-0.25, -0.2) is 0 Å². The van der Waals surface area contributed by atoms with Crippen molar-refractivity contribution >= 4 is 54.8 Å². The molecule has 0 nitrogen and oxygen atoms in total.